The van der Waals surface area contributed by atoms with Crippen LogP contribution in [0, 0.1) is 0 Å². The van der Waals surface area contributed by atoms with Gasteiger partial charge in [0.25, 0.3) is 0 Å². The zero-order valence-electron chi connectivity index (χ0n) is 12.1. The van der Waals surface area contributed by atoms with Crippen molar-refractivity contribution in [1.82, 2.24) is 5.32 Å². The number of hydrogen-bond acceptors (Lipinski definition) is 4. The van der Waals surface area contributed by atoms with E-state index in [-0.39, 0.29) is 11.8 Å². The number of carbonyl (C=O) groups is 1. The first-order valence-electron chi connectivity index (χ1n) is 6.72. The van der Waals surface area contributed by atoms with E-state index in [0.29, 0.717) is 6.54 Å². The Balaban J connectivity index is 1.89. The number of esters is 1. The molecule has 1 heterocycles. The van der Waals surface area contributed by atoms with E-state index in [9.17, 15) is 4.79 Å². The summed E-state index contributed by atoms with van der Waals surface area (Å²) in [6.07, 6.45) is 2.37. The predicted molar refractivity (Wildman–Crippen MR) is 81.5 cm³/mol. The van der Waals surface area contributed by atoms with E-state index < -0.39 is 5.97 Å². The first-order valence-corrected chi connectivity index (χ1v) is 7.10. The minimum Gasteiger partial charge on any atom is -0.463 e. The molecule has 0 saturated heterocycles. The Morgan fingerprint density at radius 2 is 2.05 bits per heavy atom. The fourth-order valence-electron chi connectivity index (χ4n) is 2.08. The van der Waals surface area contributed by atoms with E-state index in [4.69, 9.17) is 16.0 Å². The van der Waals surface area contributed by atoms with Crippen LogP contribution in [0.5, 0.6) is 0 Å². The maximum absolute atomic E-state index is 11.5. The summed E-state index contributed by atoms with van der Waals surface area (Å²) in [4.78, 5) is 11.5. The number of nitrogens with one attached hydrogen (secondary N) is 1. The van der Waals surface area contributed by atoms with E-state index in [0.717, 1.165) is 17.0 Å². The molecule has 0 spiro atoms. The lowest BCUT2D eigenvalue weighted by atomic mass is 10.1. The molecule has 0 radical (unpaired) electrons. The largest absolute Gasteiger partial charge is 0.463 e. The van der Waals surface area contributed by atoms with Gasteiger partial charge in [-0.25, -0.2) is 4.79 Å². The molecule has 1 atom stereocenters. The highest BCUT2D eigenvalue weighted by atomic mass is 35.5. The zero-order valence-corrected chi connectivity index (χ0v) is 12.8. The van der Waals surface area contributed by atoms with Crippen LogP contribution in [-0.2, 0) is 17.7 Å². The minimum absolute atomic E-state index is 0.253. The summed E-state index contributed by atoms with van der Waals surface area (Å²) in [7, 11) is 1.34. The summed E-state index contributed by atoms with van der Waals surface area (Å²) >= 11 is 5.87. The first kappa shape index (κ1) is 15.6. The van der Waals surface area contributed by atoms with Gasteiger partial charge < -0.3 is 14.5 Å². The monoisotopic (exact) mass is 307 g/mol. The number of furan rings is 1. The maximum atomic E-state index is 11.5. The van der Waals surface area contributed by atoms with Crippen LogP contribution in [0.2, 0.25) is 5.02 Å². The van der Waals surface area contributed by atoms with Crippen molar-refractivity contribution in [2.75, 3.05) is 7.11 Å². The Morgan fingerprint density at radius 1 is 1.33 bits per heavy atom. The molecule has 1 N–H and O–H groups in total. The number of hydrogen-bond donors (Lipinski definition) is 1. The molecule has 1 aromatic heterocycles. The standard InChI is InChI=1S/C16H18ClNO3/c1-11(9-12-3-5-14(17)6-4-12)18-10-13-7-8-21-15(13)16(19)20-2/h3-8,11,18H,9-10H2,1-2H3. The highest BCUT2D eigenvalue weighted by Gasteiger charge is 2.16. The number of rotatable bonds is 6. The Hall–Kier alpha value is -1.78. The van der Waals surface area contributed by atoms with Gasteiger partial charge in [-0.2, -0.15) is 0 Å². The third-order valence-electron chi connectivity index (χ3n) is 3.21. The molecule has 5 heteroatoms. The van der Waals surface area contributed by atoms with Crippen molar-refractivity contribution in [2.24, 2.45) is 0 Å². The van der Waals surface area contributed by atoms with Crippen LogP contribution in [0.3, 0.4) is 0 Å². The van der Waals surface area contributed by atoms with Gasteiger partial charge in [-0.3, -0.25) is 0 Å². The molecule has 0 bridgehead atoms. The van der Waals surface area contributed by atoms with Crippen LogP contribution < -0.4 is 5.32 Å². The fraction of sp³-hybridized carbons (Fsp3) is 0.312. The van der Waals surface area contributed by atoms with Gasteiger partial charge in [0.05, 0.1) is 13.4 Å². The van der Waals surface area contributed by atoms with E-state index in [2.05, 4.69) is 17.0 Å². The summed E-state index contributed by atoms with van der Waals surface area (Å²) in [6, 6.07) is 9.82. The number of halogens is 1. The quantitative estimate of drug-likeness (QED) is 0.831. The van der Waals surface area contributed by atoms with Crippen molar-refractivity contribution >= 4 is 17.6 Å². The molecule has 0 saturated carbocycles. The molecule has 0 amide bonds. The van der Waals surface area contributed by atoms with Gasteiger partial charge in [0.15, 0.2) is 0 Å². The van der Waals surface area contributed by atoms with Crippen molar-refractivity contribution in [3.05, 3.63) is 58.5 Å². The van der Waals surface area contributed by atoms with Crippen molar-refractivity contribution < 1.29 is 13.9 Å². The average Bonchev–Trinajstić information content (AvgIpc) is 2.95. The van der Waals surface area contributed by atoms with Crippen molar-refractivity contribution in [3.8, 4) is 0 Å². The number of benzene rings is 1. The van der Waals surface area contributed by atoms with E-state index in [1.165, 1.54) is 18.9 Å². The third-order valence-corrected chi connectivity index (χ3v) is 3.47. The van der Waals surface area contributed by atoms with Crippen LogP contribution in [-0.4, -0.2) is 19.1 Å². The van der Waals surface area contributed by atoms with Crippen molar-refractivity contribution in [2.45, 2.75) is 25.9 Å². The van der Waals surface area contributed by atoms with Gasteiger partial charge in [0.2, 0.25) is 5.76 Å². The summed E-state index contributed by atoms with van der Waals surface area (Å²) in [6.45, 7) is 2.64. The van der Waals surface area contributed by atoms with Gasteiger partial charge in [-0.15, -0.1) is 0 Å². The molecule has 2 aromatic rings. The summed E-state index contributed by atoms with van der Waals surface area (Å²) in [5, 5.41) is 4.10. The average molecular weight is 308 g/mol. The second-order valence-electron chi connectivity index (χ2n) is 4.88. The minimum atomic E-state index is -0.456. The Labute approximate surface area is 129 Å². The normalized spacial score (nSPS) is 12.1. The Morgan fingerprint density at radius 3 is 2.71 bits per heavy atom. The molecule has 0 aliphatic rings. The lowest BCUT2D eigenvalue weighted by Gasteiger charge is -2.13. The molecule has 0 aliphatic heterocycles. The van der Waals surface area contributed by atoms with Gasteiger partial charge in [0.1, 0.15) is 0 Å². The molecule has 112 valence electrons. The van der Waals surface area contributed by atoms with Crippen LogP contribution in [0.25, 0.3) is 0 Å². The van der Waals surface area contributed by atoms with Crippen LogP contribution >= 0.6 is 11.6 Å². The SMILES string of the molecule is COC(=O)c1occc1CNC(C)Cc1ccc(Cl)cc1. The fourth-order valence-corrected chi connectivity index (χ4v) is 2.20. The molecule has 4 nitrogen and oxygen atoms in total. The van der Waals surface area contributed by atoms with Gasteiger partial charge >= 0.3 is 5.97 Å². The second-order valence-corrected chi connectivity index (χ2v) is 5.32. The Kier molecular flexibility index (Phi) is 5.42. The van der Waals surface area contributed by atoms with E-state index in [1.54, 1.807) is 6.07 Å². The number of ether oxygens (including phenoxy) is 1. The van der Waals surface area contributed by atoms with Gasteiger partial charge in [0, 0.05) is 23.2 Å². The predicted octanol–water partition coefficient (Wildman–Crippen LogP) is 3.44. The molecular formula is C16H18ClNO3. The van der Waals surface area contributed by atoms with E-state index in [1.807, 2.05) is 24.3 Å². The molecule has 1 unspecified atom stereocenters. The smallest absolute Gasteiger partial charge is 0.374 e. The zero-order chi connectivity index (χ0) is 15.2. The topological polar surface area (TPSA) is 51.5 Å². The third kappa shape index (κ3) is 4.34. The van der Waals surface area contributed by atoms with Gasteiger partial charge in [-0.05, 0) is 37.1 Å². The molecular weight excluding hydrogens is 290 g/mol. The molecule has 0 aliphatic carbocycles. The van der Waals surface area contributed by atoms with Crippen molar-refractivity contribution in [3.63, 3.8) is 0 Å². The molecule has 21 heavy (non-hydrogen) atoms. The van der Waals surface area contributed by atoms with Crippen LogP contribution in [0.15, 0.2) is 41.0 Å². The maximum Gasteiger partial charge on any atom is 0.374 e. The number of methoxy groups -OCH3 is 1. The highest BCUT2D eigenvalue weighted by Crippen LogP contribution is 2.13. The summed E-state index contributed by atoms with van der Waals surface area (Å²) in [5.41, 5.74) is 2.00. The van der Waals surface area contributed by atoms with Crippen LogP contribution in [0.1, 0.15) is 28.6 Å². The van der Waals surface area contributed by atoms with Gasteiger partial charge in [-0.1, -0.05) is 23.7 Å². The first-order chi connectivity index (χ1) is 10.1. The lowest BCUT2D eigenvalue weighted by Crippen LogP contribution is -2.28. The van der Waals surface area contributed by atoms with Crippen LogP contribution in [0.4, 0.5) is 0 Å². The lowest BCUT2D eigenvalue weighted by molar-refractivity contribution is 0.0563. The second kappa shape index (κ2) is 7.29. The molecule has 2 rings (SSSR count). The van der Waals surface area contributed by atoms with E-state index >= 15 is 0 Å². The molecule has 0 fully saturated rings. The summed E-state index contributed by atoms with van der Waals surface area (Å²) < 4.78 is 9.83. The van der Waals surface area contributed by atoms with Crippen molar-refractivity contribution in [1.29, 1.82) is 0 Å². The Bertz CT molecular complexity index is 592. The number of carbonyl (C=O) groups excluding carboxylic acids is 1. The summed E-state index contributed by atoms with van der Waals surface area (Å²) in [5.74, 6) is -0.203. The highest BCUT2D eigenvalue weighted by molar-refractivity contribution is 6.30. The molecule has 1 aromatic carbocycles.